The van der Waals surface area contributed by atoms with Crippen molar-refractivity contribution in [3.63, 3.8) is 0 Å². The van der Waals surface area contributed by atoms with E-state index in [9.17, 15) is 18.7 Å². The van der Waals surface area contributed by atoms with Gasteiger partial charge < -0.3 is 15.1 Å². The van der Waals surface area contributed by atoms with Gasteiger partial charge in [0.05, 0.1) is 29.9 Å². The molecule has 3 N–H and O–H groups in total. The average Bonchev–Trinajstić information content (AvgIpc) is 3.27. The third-order valence-electron chi connectivity index (χ3n) is 4.95. The molecule has 2 aliphatic rings. The number of pyridine rings is 2. The van der Waals surface area contributed by atoms with Gasteiger partial charge in [-0.15, -0.1) is 0 Å². The number of fused-ring (bicyclic) bond motifs is 1. The van der Waals surface area contributed by atoms with Gasteiger partial charge in [-0.05, 0) is 49.7 Å². The van der Waals surface area contributed by atoms with Crippen molar-refractivity contribution in [2.45, 2.75) is 20.5 Å². The minimum Gasteiger partial charge on any atom is -0.438 e. The van der Waals surface area contributed by atoms with E-state index < -0.39 is 10.0 Å². The van der Waals surface area contributed by atoms with Crippen LogP contribution in [0.2, 0.25) is 0 Å². The number of nitrogens with zero attached hydrogens (tertiary/aromatic N) is 3. The summed E-state index contributed by atoms with van der Waals surface area (Å²) in [6.07, 6.45) is 2.95. The van der Waals surface area contributed by atoms with Gasteiger partial charge in [-0.25, -0.2) is 18.4 Å². The van der Waals surface area contributed by atoms with Crippen LogP contribution in [-0.2, 0) is 16.6 Å². The topological polar surface area (TPSA) is 127 Å². The first kappa shape index (κ1) is 21.6. The van der Waals surface area contributed by atoms with E-state index >= 15 is 0 Å². The Labute approximate surface area is 185 Å². The molecule has 0 saturated carbocycles. The lowest BCUT2D eigenvalue weighted by atomic mass is 10.0. The molecule has 0 unspecified atom stereocenters. The fourth-order valence-corrected chi connectivity index (χ4v) is 3.91. The highest BCUT2D eigenvalue weighted by Gasteiger charge is 2.22. The first-order valence-electron chi connectivity index (χ1n) is 9.86. The van der Waals surface area contributed by atoms with Gasteiger partial charge in [-0.1, -0.05) is 12.1 Å². The third kappa shape index (κ3) is 4.23. The van der Waals surface area contributed by atoms with Gasteiger partial charge in [0.15, 0.2) is 5.82 Å². The molecule has 0 spiro atoms. The summed E-state index contributed by atoms with van der Waals surface area (Å²) in [6, 6.07) is 12.1. The third-order valence-corrected chi connectivity index (χ3v) is 6.25. The molecule has 10 heteroatoms. The molecule has 0 radical (unpaired) electrons. The zero-order valence-electron chi connectivity index (χ0n) is 17.5. The summed E-state index contributed by atoms with van der Waals surface area (Å²) in [5, 5.41) is 19.7. The molecule has 0 fully saturated rings. The summed E-state index contributed by atoms with van der Waals surface area (Å²) in [4.78, 5) is 8.58. The van der Waals surface area contributed by atoms with E-state index in [1.165, 1.54) is 6.20 Å². The molecule has 0 bridgehead atoms. The number of hydrogen-bond acceptors (Lipinski definition) is 7. The van der Waals surface area contributed by atoms with Crippen molar-refractivity contribution >= 4 is 15.7 Å². The molecule has 0 amide bonds. The molecule has 1 aromatic heterocycles. The van der Waals surface area contributed by atoms with Gasteiger partial charge in [0.1, 0.15) is 5.75 Å². The summed E-state index contributed by atoms with van der Waals surface area (Å²) in [5.41, 5.74) is 3.31. The molecule has 4 rings (SSSR count). The molecule has 32 heavy (non-hydrogen) atoms. The number of sulfonamides is 1. The Morgan fingerprint density at radius 2 is 1.91 bits per heavy atom. The lowest BCUT2D eigenvalue weighted by molar-refractivity contribution is 0.180. The van der Waals surface area contributed by atoms with Gasteiger partial charge in [-0.2, -0.15) is 4.73 Å². The van der Waals surface area contributed by atoms with E-state index in [0.29, 0.717) is 39.5 Å². The molecule has 0 atom stereocenters. The number of aliphatic hydroxyl groups is 1. The number of aryl methyl sites for hydroxylation is 1. The van der Waals surface area contributed by atoms with Crippen LogP contribution in [0.5, 0.6) is 11.6 Å². The number of hydrogen-bond donors (Lipinski definition) is 3. The highest BCUT2D eigenvalue weighted by atomic mass is 32.2. The molecule has 166 valence electrons. The number of anilines is 1. The lowest BCUT2D eigenvalue weighted by Gasteiger charge is -2.17. The van der Waals surface area contributed by atoms with Crippen LogP contribution < -0.4 is 9.46 Å². The molecule has 0 aliphatic carbocycles. The predicted molar refractivity (Wildman–Crippen MR) is 120 cm³/mol. The number of ether oxygens (including phenoxy) is 1. The van der Waals surface area contributed by atoms with Crippen molar-refractivity contribution in [3.8, 4) is 34.1 Å². The fraction of sp³-hybridized carbons (Fsp3) is 0.182. The zero-order valence-corrected chi connectivity index (χ0v) is 18.3. The minimum absolute atomic E-state index is 0.0828. The van der Waals surface area contributed by atoms with Crippen molar-refractivity contribution in [2.24, 2.45) is 0 Å². The Kier molecular flexibility index (Phi) is 5.72. The molecular formula is C22H22N4O5S. The number of rotatable bonds is 7. The summed E-state index contributed by atoms with van der Waals surface area (Å²) in [6.45, 7) is 3.13. The molecule has 9 nitrogen and oxygen atoms in total. The Morgan fingerprint density at radius 1 is 1.09 bits per heavy atom. The number of aromatic nitrogens is 3. The maximum absolute atomic E-state index is 12.1. The predicted octanol–water partition coefficient (Wildman–Crippen LogP) is 3.64. The molecule has 3 heterocycles. The molecule has 2 aliphatic heterocycles. The van der Waals surface area contributed by atoms with Gasteiger partial charge in [0.2, 0.25) is 15.9 Å². The number of benzene rings is 1. The van der Waals surface area contributed by atoms with Crippen LogP contribution in [-0.4, -0.2) is 39.2 Å². The van der Waals surface area contributed by atoms with Crippen molar-refractivity contribution in [2.75, 3.05) is 10.5 Å². The second-order valence-electron chi connectivity index (χ2n) is 7.18. The van der Waals surface area contributed by atoms with Crippen molar-refractivity contribution in [3.05, 3.63) is 66.1 Å². The van der Waals surface area contributed by atoms with Crippen LogP contribution >= 0.6 is 0 Å². The molecule has 2 aromatic rings. The SMILES string of the molecule is CCS(=O)(=O)Nc1cnc(Oc2cccc(CO)c2)c(-c2cc(C)n(O)c3nccc2-3)c1. The Morgan fingerprint density at radius 3 is 2.66 bits per heavy atom. The summed E-state index contributed by atoms with van der Waals surface area (Å²) < 4.78 is 33.7. The van der Waals surface area contributed by atoms with E-state index in [1.54, 1.807) is 62.5 Å². The number of aliphatic hydroxyl groups excluding tert-OH is 1. The fourth-order valence-electron chi connectivity index (χ4n) is 3.30. The second kappa shape index (κ2) is 8.48. The normalized spacial score (nSPS) is 11.6. The highest BCUT2D eigenvalue weighted by molar-refractivity contribution is 7.92. The zero-order chi connectivity index (χ0) is 22.9. The monoisotopic (exact) mass is 454 g/mol. The largest absolute Gasteiger partial charge is 0.438 e. The van der Waals surface area contributed by atoms with Crippen LogP contribution in [0.25, 0.3) is 22.5 Å². The Balaban J connectivity index is 1.88. The van der Waals surface area contributed by atoms with Crippen LogP contribution in [0, 0.1) is 6.92 Å². The van der Waals surface area contributed by atoms with Crippen molar-refractivity contribution in [1.82, 2.24) is 14.7 Å². The minimum atomic E-state index is -3.51. The first-order chi connectivity index (χ1) is 15.3. The quantitative estimate of drug-likeness (QED) is 0.364. The van der Waals surface area contributed by atoms with Gasteiger partial charge in [0, 0.05) is 22.9 Å². The molecular weight excluding hydrogens is 432 g/mol. The van der Waals surface area contributed by atoms with Gasteiger partial charge in [0.25, 0.3) is 0 Å². The lowest BCUT2D eigenvalue weighted by Crippen LogP contribution is -2.15. The number of nitrogens with one attached hydrogen (secondary N) is 1. The van der Waals surface area contributed by atoms with E-state index in [4.69, 9.17) is 4.74 Å². The van der Waals surface area contributed by atoms with Crippen LogP contribution in [0.4, 0.5) is 5.69 Å². The summed E-state index contributed by atoms with van der Waals surface area (Å²) in [5.74, 6) is 0.972. The Hall–Kier alpha value is -3.63. The van der Waals surface area contributed by atoms with E-state index in [2.05, 4.69) is 14.7 Å². The Bertz CT molecular complexity index is 1350. The second-order valence-corrected chi connectivity index (χ2v) is 9.19. The standard InChI is InChI=1S/C22H22N4O5S/c1-3-32(29,30)25-16-11-20(19-9-14(2)26(28)21-18(19)7-8-23-21)22(24-12-16)31-17-6-4-5-15(10-17)13-27/h4-12,25,27-28H,3,13H2,1-2H3. The van der Waals surface area contributed by atoms with Crippen molar-refractivity contribution in [1.29, 1.82) is 0 Å². The maximum atomic E-state index is 12.1. The summed E-state index contributed by atoms with van der Waals surface area (Å²) in [7, 11) is -3.51. The maximum Gasteiger partial charge on any atom is 0.232 e. The van der Waals surface area contributed by atoms with Crippen molar-refractivity contribution < 1.29 is 23.5 Å². The van der Waals surface area contributed by atoms with Gasteiger partial charge >= 0.3 is 0 Å². The van der Waals surface area contributed by atoms with E-state index in [-0.39, 0.29) is 23.9 Å². The average molecular weight is 455 g/mol. The van der Waals surface area contributed by atoms with Gasteiger partial charge in [-0.3, -0.25) is 4.72 Å². The highest BCUT2D eigenvalue weighted by Crippen LogP contribution is 2.40. The van der Waals surface area contributed by atoms with Crippen LogP contribution in [0.15, 0.2) is 54.9 Å². The van der Waals surface area contributed by atoms with E-state index in [0.717, 1.165) is 4.73 Å². The van der Waals surface area contributed by atoms with E-state index in [1.807, 2.05) is 0 Å². The molecule has 0 saturated heterocycles. The molecule has 1 aromatic carbocycles. The summed E-state index contributed by atoms with van der Waals surface area (Å²) >= 11 is 0. The van der Waals surface area contributed by atoms with Crippen LogP contribution in [0.1, 0.15) is 18.2 Å². The first-order valence-corrected chi connectivity index (χ1v) is 11.5. The van der Waals surface area contributed by atoms with Crippen LogP contribution in [0.3, 0.4) is 0 Å². The smallest absolute Gasteiger partial charge is 0.232 e.